The highest BCUT2D eigenvalue weighted by Gasteiger charge is 2.35. The summed E-state index contributed by atoms with van der Waals surface area (Å²) in [6.07, 6.45) is 1.74. The number of hydrogen-bond acceptors (Lipinski definition) is 6. The average Bonchev–Trinajstić information content (AvgIpc) is 3.14. The lowest BCUT2D eigenvalue weighted by Crippen LogP contribution is -2.33. The molecular formula is C23H24BrN3O4. The first-order valence-corrected chi connectivity index (χ1v) is 11.0. The molecule has 7 nitrogen and oxygen atoms in total. The SMILES string of the molecule is CCOC(=O)c1nnn(Cc2ccc(OC)cc2)c1OC1CC(c2ccc(Br)cc2)C1. The Morgan fingerprint density at radius 2 is 1.84 bits per heavy atom. The van der Waals surface area contributed by atoms with Crippen molar-refractivity contribution in [1.29, 1.82) is 0 Å². The van der Waals surface area contributed by atoms with Crippen molar-refractivity contribution in [3.8, 4) is 11.6 Å². The lowest BCUT2D eigenvalue weighted by molar-refractivity contribution is 0.0495. The molecule has 1 saturated carbocycles. The largest absolute Gasteiger partial charge is 0.497 e. The Labute approximate surface area is 189 Å². The van der Waals surface area contributed by atoms with Crippen LogP contribution < -0.4 is 9.47 Å². The summed E-state index contributed by atoms with van der Waals surface area (Å²) in [5, 5.41) is 8.21. The van der Waals surface area contributed by atoms with Gasteiger partial charge in [-0.25, -0.2) is 9.48 Å². The topological polar surface area (TPSA) is 75.5 Å². The van der Waals surface area contributed by atoms with E-state index in [9.17, 15) is 4.79 Å². The van der Waals surface area contributed by atoms with Gasteiger partial charge < -0.3 is 14.2 Å². The Balaban J connectivity index is 1.49. The number of halogens is 1. The third-order valence-corrected chi connectivity index (χ3v) is 5.89. The van der Waals surface area contributed by atoms with Crippen LogP contribution in [0.1, 0.15) is 47.3 Å². The van der Waals surface area contributed by atoms with Crippen LogP contribution in [0, 0.1) is 0 Å². The van der Waals surface area contributed by atoms with E-state index in [0.29, 0.717) is 18.3 Å². The number of aromatic nitrogens is 3. The number of methoxy groups -OCH3 is 1. The van der Waals surface area contributed by atoms with Gasteiger partial charge in [0.2, 0.25) is 11.6 Å². The van der Waals surface area contributed by atoms with E-state index in [2.05, 4.69) is 50.5 Å². The molecule has 1 aliphatic carbocycles. The number of carbonyl (C=O) groups excluding carboxylic acids is 1. The first kappa shape index (κ1) is 21.4. The normalized spacial score (nSPS) is 17.6. The Morgan fingerprint density at radius 1 is 1.13 bits per heavy atom. The van der Waals surface area contributed by atoms with Crippen LogP contribution >= 0.6 is 15.9 Å². The Bertz CT molecular complexity index is 1030. The molecule has 0 radical (unpaired) electrons. The summed E-state index contributed by atoms with van der Waals surface area (Å²) in [6.45, 7) is 2.45. The first-order valence-electron chi connectivity index (χ1n) is 10.2. The molecule has 31 heavy (non-hydrogen) atoms. The molecule has 1 aliphatic rings. The molecular weight excluding hydrogens is 462 g/mol. The van der Waals surface area contributed by atoms with E-state index >= 15 is 0 Å². The third kappa shape index (κ3) is 4.90. The highest BCUT2D eigenvalue weighted by Crippen LogP contribution is 2.40. The van der Waals surface area contributed by atoms with Crippen LogP contribution in [0.5, 0.6) is 11.6 Å². The second kappa shape index (κ2) is 9.51. The molecule has 162 valence electrons. The van der Waals surface area contributed by atoms with Gasteiger partial charge in [-0.2, -0.15) is 0 Å². The quantitative estimate of drug-likeness (QED) is 0.434. The van der Waals surface area contributed by atoms with Crippen LogP contribution in [0.25, 0.3) is 0 Å². The molecule has 0 saturated heterocycles. The zero-order chi connectivity index (χ0) is 21.8. The fraction of sp³-hybridized carbons (Fsp3) is 0.348. The maximum atomic E-state index is 12.4. The van der Waals surface area contributed by atoms with Gasteiger partial charge in [-0.1, -0.05) is 45.4 Å². The van der Waals surface area contributed by atoms with Crippen molar-refractivity contribution in [2.75, 3.05) is 13.7 Å². The van der Waals surface area contributed by atoms with E-state index in [1.807, 2.05) is 24.3 Å². The molecule has 3 aromatic rings. The fourth-order valence-corrected chi connectivity index (χ4v) is 3.85. The van der Waals surface area contributed by atoms with E-state index in [0.717, 1.165) is 28.6 Å². The fourth-order valence-electron chi connectivity index (χ4n) is 3.58. The number of benzene rings is 2. The number of hydrogen-bond donors (Lipinski definition) is 0. The monoisotopic (exact) mass is 485 g/mol. The Hall–Kier alpha value is -2.87. The summed E-state index contributed by atoms with van der Waals surface area (Å²) < 4.78 is 19.2. The third-order valence-electron chi connectivity index (χ3n) is 5.36. The predicted octanol–water partition coefficient (Wildman–Crippen LogP) is 4.60. The maximum absolute atomic E-state index is 12.4. The van der Waals surface area contributed by atoms with Crippen LogP contribution in [0.4, 0.5) is 0 Å². The highest BCUT2D eigenvalue weighted by atomic mass is 79.9. The summed E-state index contributed by atoms with van der Waals surface area (Å²) in [7, 11) is 1.63. The van der Waals surface area contributed by atoms with Crippen LogP contribution in [0.15, 0.2) is 53.0 Å². The summed E-state index contributed by atoms with van der Waals surface area (Å²) in [4.78, 5) is 12.4. The van der Waals surface area contributed by atoms with Gasteiger partial charge in [0.25, 0.3) is 0 Å². The lowest BCUT2D eigenvalue weighted by atomic mass is 9.77. The van der Waals surface area contributed by atoms with Crippen molar-refractivity contribution in [3.05, 3.63) is 69.8 Å². The number of nitrogens with zero attached hydrogens (tertiary/aromatic N) is 3. The Morgan fingerprint density at radius 3 is 2.48 bits per heavy atom. The standard InChI is InChI=1S/C23H24BrN3O4/c1-3-30-23(28)21-22(27(26-25-21)14-15-4-10-19(29-2)11-5-15)31-20-12-17(13-20)16-6-8-18(24)9-7-16/h4-11,17,20H,3,12-14H2,1-2H3. The van der Waals surface area contributed by atoms with Gasteiger partial charge in [-0.15, -0.1) is 5.10 Å². The molecule has 0 amide bonds. The van der Waals surface area contributed by atoms with Crippen LogP contribution in [0.2, 0.25) is 0 Å². The molecule has 0 N–H and O–H groups in total. The summed E-state index contributed by atoms with van der Waals surface area (Å²) in [5.41, 5.74) is 2.40. The van der Waals surface area contributed by atoms with E-state index in [4.69, 9.17) is 14.2 Å². The van der Waals surface area contributed by atoms with Gasteiger partial charge in [-0.3, -0.25) is 0 Å². The molecule has 0 aliphatic heterocycles. The van der Waals surface area contributed by atoms with E-state index in [1.165, 1.54) is 5.56 Å². The molecule has 1 aromatic heterocycles. The van der Waals surface area contributed by atoms with Crippen molar-refractivity contribution in [1.82, 2.24) is 15.0 Å². The molecule has 1 heterocycles. The van der Waals surface area contributed by atoms with Gasteiger partial charge in [0.05, 0.1) is 20.3 Å². The summed E-state index contributed by atoms with van der Waals surface area (Å²) in [6, 6.07) is 16.0. The van der Waals surface area contributed by atoms with Gasteiger partial charge in [-0.05, 0) is 61.1 Å². The number of ether oxygens (including phenoxy) is 3. The minimum absolute atomic E-state index is 0.00468. The molecule has 0 spiro atoms. The second-order valence-corrected chi connectivity index (χ2v) is 8.34. The summed E-state index contributed by atoms with van der Waals surface area (Å²) >= 11 is 3.47. The van der Waals surface area contributed by atoms with Crippen molar-refractivity contribution < 1.29 is 19.0 Å². The minimum atomic E-state index is -0.526. The lowest BCUT2D eigenvalue weighted by Gasteiger charge is -2.35. The first-order chi connectivity index (χ1) is 15.1. The van der Waals surface area contributed by atoms with Crippen LogP contribution in [-0.2, 0) is 11.3 Å². The van der Waals surface area contributed by atoms with Crippen molar-refractivity contribution >= 4 is 21.9 Å². The van der Waals surface area contributed by atoms with Crippen LogP contribution in [0.3, 0.4) is 0 Å². The van der Waals surface area contributed by atoms with Crippen molar-refractivity contribution in [2.45, 2.75) is 38.3 Å². The van der Waals surface area contributed by atoms with Gasteiger partial charge in [0, 0.05) is 4.47 Å². The van der Waals surface area contributed by atoms with Crippen molar-refractivity contribution in [3.63, 3.8) is 0 Å². The van der Waals surface area contributed by atoms with E-state index in [-0.39, 0.29) is 18.4 Å². The van der Waals surface area contributed by atoms with Crippen LogP contribution in [-0.4, -0.2) is 40.8 Å². The molecule has 0 bridgehead atoms. The van der Waals surface area contributed by atoms with Crippen molar-refractivity contribution in [2.24, 2.45) is 0 Å². The van der Waals surface area contributed by atoms with Gasteiger partial charge in [0.1, 0.15) is 11.9 Å². The number of carbonyl (C=O) groups is 1. The molecule has 8 heteroatoms. The average molecular weight is 486 g/mol. The smallest absolute Gasteiger partial charge is 0.364 e. The molecule has 2 aromatic carbocycles. The highest BCUT2D eigenvalue weighted by molar-refractivity contribution is 9.10. The van der Waals surface area contributed by atoms with Gasteiger partial charge >= 0.3 is 5.97 Å². The van der Waals surface area contributed by atoms with E-state index in [1.54, 1.807) is 18.7 Å². The summed E-state index contributed by atoms with van der Waals surface area (Å²) in [5.74, 6) is 1.05. The minimum Gasteiger partial charge on any atom is -0.497 e. The Kier molecular flexibility index (Phi) is 6.56. The maximum Gasteiger partial charge on any atom is 0.364 e. The predicted molar refractivity (Wildman–Crippen MR) is 119 cm³/mol. The number of rotatable bonds is 8. The molecule has 1 fully saturated rings. The molecule has 0 unspecified atom stereocenters. The van der Waals surface area contributed by atoms with Gasteiger partial charge in [0.15, 0.2) is 0 Å². The molecule has 4 rings (SSSR count). The molecule has 0 atom stereocenters. The zero-order valence-electron chi connectivity index (χ0n) is 17.5. The zero-order valence-corrected chi connectivity index (χ0v) is 19.0. The number of esters is 1. The van der Waals surface area contributed by atoms with E-state index < -0.39 is 5.97 Å². The second-order valence-electron chi connectivity index (χ2n) is 7.43.